The average Bonchev–Trinajstić information content (AvgIpc) is 2.92. The molecule has 0 aromatic heterocycles. The fourth-order valence-electron chi connectivity index (χ4n) is 1.73. The van der Waals surface area contributed by atoms with Crippen molar-refractivity contribution in [2.24, 2.45) is 5.92 Å². The highest BCUT2D eigenvalue weighted by Crippen LogP contribution is 2.40. The molecule has 1 aromatic carbocycles. The van der Waals surface area contributed by atoms with Gasteiger partial charge >= 0.3 is 6.18 Å². The maximum absolute atomic E-state index is 12.8. The highest BCUT2D eigenvalue weighted by molar-refractivity contribution is 5.58. The second kappa shape index (κ2) is 4.15. The topological polar surface area (TPSA) is 55.2 Å². The van der Waals surface area contributed by atoms with Gasteiger partial charge in [0.25, 0.3) is 5.69 Å². The van der Waals surface area contributed by atoms with Gasteiger partial charge in [-0.05, 0) is 18.4 Å². The molecule has 1 N–H and O–H groups in total. The Labute approximate surface area is 101 Å². The number of non-ortho nitro benzene ring substituents is 1. The van der Waals surface area contributed by atoms with E-state index in [1.165, 1.54) is 0 Å². The summed E-state index contributed by atoms with van der Waals surface area (Å²) in [5, 5.41) is 13.3. The van der Waals surface area contributed by atoms with Crippen LogP contribution in [0.4, 0.5) is 24.5 Å². The van der Waals surface area contributed by atoms with Crippen molar-refractivity contribution in [1.82, 2.24) is 0 Å². The van der Waals surface area contributed by atoms with Crippen molar-refractivity contribution in [3.05, 3.63) is 33.9 Å². The Morgan fingerprint density at radius 3 is 2.50 bits per heavy atom. The van der Waals surface area contributed by atoms with Crippen LogP contribution in [0.15, 0.2) is 18.2 Å². The normalized spacial score (nSPS) is 22.7. The molecule has 0 spiro atoms. The molecule has 2 unspecified atom stereocenters. The fraction of sp³-hybridized carbons (Fsp3) is 0.455. The van der Waals surface area contributed by atoms with E-state index < -0.39 is 22.4 Å². The predicted molar refractivity (Wildman–Crippen MR) is 59.3 cm³/mol. The summed E-state index contributed by atoms with van der Waals surface area (Å²) in [5.74, 6) is 0.335. The Kier molecular flexibility index (Phi) is 2.92. The summed E-state index contributed by atoms with van der Waals surface area (Å²) in [6.45, 7) is 1.93. The molecule has 7 heteroatoms. The van der Waals surface area contributed by atoms with E-state index in [2.05, 4.69) is 5.32 Å². The number of hydrogen-bond donors (Lipinski definition) is 1. The molecule has 1 aromatic rings. The van der Waals surface area contributed by atoms with Crippen LogP contribution in [0.3, 0.4) is 0 Å². The van der Waals surface area contributed by atoms with E-state index in [1.54, 1.807) is 0 Å². The van der Waals surface area contributed by atoms with Gasteiger partial charge in [0.05, 0.1) is 10.5 Å². The van der Waals surface area contributed by atoms with Gasteiger partial charge in [0.15, 0.2) is 0 Å². The zero-order chi connectivity index (χ0) is 13.5. The van der Waals surface area contributed by atoms with E-state index in [0.29, 0.717) is 12.0 Å². The Morgan fingerprint density at radius 1 is 1.44 bits per heavy atom. The van der Waals surface area contributed by atoms with E-state index in [0.717, 1.165) is 18.6 Å². The first-order valence-corrected chi connectivity index (χ1v) is 5.41. The summed E-state index contributed by atoms with van der Waals surface area (Å²) in [6, 6.07) is 2.78. The van der Waals surface area contributed by atoms with E-state index in [9.17, 15) is 23.3 Å². The summed E-state index contributed by atoms with van der Waals surface area (Å²) < 4.78 is 38.4. The summed E-state index contributed by atoms with van der Waals surface area (Å²) in [7, 11) is 0. The molecule has 1 aliphatic carbocycles. The molecule has 0 aliphatic heterocycles. The zero-order valence-electron chi connectivity index (χ0n) is 9.49. The first kappa shape index (κ1) is 12.7. The van der Waals surface area contributed by atoms with Crippen molar-refractivity contribution in [2.45, 2.75) is 25.6 Å². The van der Waals surface area contributed by atoms with Gasteiger partial charge < -0.3 is 5.32 Å². The van der Waals surface area contributed by atoms with Crippen LogP contribution in [-0.4, -0.2) is 11.0 Å². The molecule has 98 valence electrons. The molecule has 18 heavy (non-hydrogen) atoms. The third-order valence-corrected chi connectivity index (χ3v) is 2.97. The predicted octanol–water partition coefficient (Wildman–Crippen LogP) is 3.43. The number of rotatable bonds is 3. The van der Waals surface area contributed by atoms with E-state index in [4.69, 9.17) is 0 Å². The van der Waals surface area contributed by atoms with Gasteiger partial charge in [0, 0.05) is 23.9 Å². The second-order valence-corrected chi connectivity index (χ2v) is 4.45. The second-order valence-electron chi connectivity index (χ2n) is 4.45. The van der Waals surface area contributed by atoms with Gasteiger partial charge in [-0.25, -0.2) is 0 Å². The van der Waals surface area contributed by atoms with Crippen molar-refractivity contribution >= 4 is 11.4 Å². The molecule has 1 fully saturated rings. The smallest absolute Gasteiger partial charge is 0.382 e. The van der Waals surface area contributed by atoms with Gasteiger partial charge in [-0.2, -0.15) is 13.2 Å². The number of nitro groups is 1. The Morgan fingerprint density at radius 2 is 2.06 bits per heavy atom. The van der Waals surface area contributed by atoms with Crippen LogP contribution in [0.25, 0.3) is 0 Å². The number of hydrogen-bond acceptors (Lipinski definition) is 3. The first-order valence-electron chi connectivity index (χ1n) is 5.41. The van der Waals surface area contributed by atoms with Gasteiger partial charge in [-0.1, -0.05) is 6.92 Å². The minimum Gasteiger partial charge on any atom is -0.382 e. The van der Waals surface area contributed by atoms with Gasteiger partial charge in [0.1, 0.15) is 0 Å². The molecule has 0 amide bonds. The summed E-state index contributed by atoms with van der Waals surface area (Å²) in [4.78, 5) is 9.66. The molecule has 0 saturated heterocycles. The number of nitrogens with one attached hydrogen (secondary N) is 1. The Bertz CT molecular complexity index is 488. The highest BCUT2D eigenvalue weighted by Gasteiger charge is 2.38. The highest BCUT2D eigenvalue weighted by atomic mass is 19.4. The lowest BCUT2D eigenvalue weighted by atomic mass is 10.1. The maximum Gasteiger partial charge on any atom is 0.418 e. The van der Waals surface area contributed by atoms with Crippen LogP contribution in [0.1, 0.15) is 18.9 Å². The van der Waals surface area contributed by atoms with Crippen molar-refractivity contribution in [2.75, 3.05) is 5.32 Å². The van der Waals surface area contributed by atoms with Crippen LogP contribution in [0, 0.1) is 16.0 Å². The minimum atomic E-state index is -4.60. The van der Waals surface area contributed by atoms with E-state index in [1.807, 2.05) is 6.92 Å². The molecule has 2 rings (SSSR count). The maximum atomic E-state index is 12.8. The SMILES string of the molecule is CC1CC1Nc1ccc([N+](=O)[O-])cc1C(F)(F)F. The van der Waals surface area contributed by atoms with E-state index in [-0.39, 0.29) is 11.7 Å². The minimum absolute atomic E-state index is 0.0209. The van der Waals surface area contributed by atoms with Gasteiger partial charge in [0.2, 0.25) is 0 Å². The molecule has 4 nitrogen and oxygen atoms in total. The molecule has 0 bridgehead atoms. The van der Waals surface area contributed by atoms with Crippen LogP contribution >= 0.6 is 0 Å². The zero-order valence-corrected chi connectivity index (χ0v) is 9.49. The number of halogens is 3. The quantitative estimate of drug-likeness (QED) is 0.669. The lowest BCUT2D eigenvalue weighted by Gasteiger charge is -2.14. The number of nitrogens with zero attached hydrogens (tertiary/aromatic N) is 1. The van der Waals surface area contributed by atoms with Gasteiger partial charge in [-0.3, -0.25) is 10.1 Å². The third kappa shape index (κ3) is 2.55. The van der Waals surface area contributed by atoms with Crippen LogP contribution in [0.5, 0.6) is 0 Å². The fourth-order valence-corrected chi connectivity index (χ4v) is 1.73. The molecule has 2 atom stereocenters. The molecular formula is C11H11F3N2O2. The third-order valence-electron chi connectivity index (χ3n) is 2.97. The summed E-state index contributed by atoms with van der Waals surface area (Å²) >= 11 is 0. The van der Waals surface area contributed by atoms with Crippen LogP contribution in [-0.2, 0) is 6.18 Å². The first-order chi connectivity index (χ1) is 8.29. The number of benzene rings is 1. The van der Waals surface area contributed by atoms with Crippen LogP contribution in [0.2, 0.25) is 0 Å². The number of anilines is 1. The summed E-state index contributed by atoms with van der Waals surface area (Å²) in [6.07, 6.45) is -3.79. The van der Waals surface area contributed by atoms with Crippen molar-refractivity contribution < 1.29 is 18.1 Å². The lowest BCUT2D eigenvalue weighted by Crippen LogP contribution is -2.13. The number of nitro benzene ring substituents is 1. The average molecular weight is 260 g/mol. The lowest BCUT2D eigenvalue weighted by molar-refractivity contribution is -0.385. The van der Waals surface area contributed by atoms with Crippen molar-refractivity contribution in [1.29, 1.82) is 0 Å². The van der Waals surface area contributed by atoms with Crippen molar-refractivity contribution in [3.8, 4) is 0 Å². The van der Waals surface area contributed by atoms with Gasteiger partial charge in [-0.15, -0.1) is 0 Å². The molecule has 1 saturated carbocycles. The Balaban J connectivity index is 2.35. The van der Waals surface area contributed by atoms with Crippen molar-refractivity contribution in [3.63, 3.8) is 0 Å². The molecule has 0 radical (unpaired) electrons. The standard InChI is InChI=1S/C11H11F3N2O2/c1-6-4-10(6)15-9-3-2-7(16(17)18)5-8(9)11(12,13)14/h2-3,5-6,10,15H,4H2,1H3. The number of alkyl halides is 3. The monoisotopic (exact) mass is 260 g/mol. The van der Waals surface area contributed by atoms with E-state index >= 15 is 0 Å². The molecule has 0 heterocycles. The molecule has 1 aliphatic rings. The largest absolute Gasteiger partial charge is 0.418 e. The molecular weight excluding hydrogens is 249 g/mol. The summed E-state index contributed by atoms with van der Waals surface area (Å²) in [5.41, 5.74) is -1.64. The Hall–Kier alpha value is -1.79. The van der Waals surface area contributed by atoms with Crippen LogP contribution < -0.4 is 5.32 Å².